The molecule has 1 saturated heterocycles. The number of benzene rings is 1. The van der Waals surface area contributed by atoms with Crippen molar-refractivity contribution in [3.05, 3.63) is 35.7 Å². The molecule has 3 aromatic rings. The van der Waals surface area contributed by atoms with Gasteiger partial charge in [0.05, 0.1) is 34.2 Å². The topological polar surface area (TPSA) is 107 Å². The Morgan fingerprint density at radius 1 is 1.17 bits per heavy atom. The Morgan fingerprint density at radius 2 is 1.83 bits per heavy atom. The maximum atomic E-state index is 13.1. The van der Waals surface area contributed by atoms with E-state index in [9.17, 15) is 27.9 Å². The predicted molar refractivity (Wildman–Crippen MR) is 131 cm³/mol. The van der Waals surface area contributed by atoms with E-state index in [-0.39, 0.29) is 30.2 Å². The highest BCUT2D eigenvalue weighted by molar-refractivity contribution is 6.16. The molecule has 0 saturated carbocycles. The van der Waals surface area contributed by atoms with Crippen molar-refractivity contribution in [1.29, 1.82) is 0 Å². The molecule has 2 aromatic heterocycles. The molecule has 1 aliphatic heterocycles. The summed E-state index contributed by atoms with van der Waals surface area (Å²) in [5.74, 6) is -0.681. The second-order valence-corrected chi connectivity index (χ2v) is 8.36. The van der Waals surface area contributed by atoms with Gasteiger partial charge < -0.3 is 20.2 Å². The number of aryl methyl sites for hydroxylation is 2. The number of rotatable bonds is 4. The zero-order valence-corrected chi connectivity index (χ0v) is 20.5. The van der Waals surface area contributed by atoms with Crippen LogP contribution in [0.5, 0.6) is 5.75 Å². The van der Waals surface area contributed by atoms with Gasteiger partial charge in [0.25, 0.3) is 0 Å². The minimum Gasteiger partial charge on any atom is -0.508 e. The summed E-state index contributed by atoms with van der Waals surface area (Å²) in [4.78, 5) is 34.5. The lowest BCUT2D eigenvalue weighted by Crippen LogP contribution is -2.45. The molecule has 10 nitrogen and oxygen atoms in total. The first kappa shape index (κ1) is 27.0. The molecule has 0 spiro atoms. The number of nitrogens with zero attached hydrogens (tertiary/aromatic N) is 6. The Morgan fingerprint density at radius 3 is 2.44 bits per heavy atom. The SMILES string of the molecule is Cc1nn(C)c2ncc(N(C=O)C(=O)Nc3cc(O)cc(C(F)(F)F)c3)c(N3CCN(C)CC3)c12.Cl. The summed E-state index contributed by atoms with van der Waals surface area (Å²) >= 11 is 0. The van der Waals surface area contributed by atoms with Gasteiger partial charge in [0.1, 0.15) is 5.75 Å². The normalized spacial score (nSPS) is 14.4. The smallest absolute Gasteiger partial charge is 0.416 e. The monoisotopic (exact) mass is 527 g/mol. The van der Waals surface area contributed by atoms with Gasteiger partial charge in [-0.3, -0.25) is 9.48 Å². The number of piperazine rings is 1. The van der Waals surface area contributed by atoms with Crippen molar-refractivity contribution in [2.45, 2.75) is 13.1 Å². The summed E-state index contributed by atoms with van der Waals surface area (Å²) in [6, 6.07) is 1.18. The second-order valence-electron chi connectivity index (χ2n) is 8.36. The quantitative estimate of drug-likeness (QED) is 0.501. The van der Waals surface area contributed by atoms with E-state index in [1.807, 2.05) is 11.9 Å². The molecule has 2 N–H and O–H groups in total. The van der Waals surface area contributed by atoms with E-state index < -0.39 is 23.5 Å². The van der Waals surface area contributed by atoms with Crippen LogP contribution in [0.25, 0.3) is 11.0 Å². The zero-order valence-electron chi connectivity index (χ0n) is 19.7. The summed E-state index contributed by atoms with van der Waals surface area (Å²) in [7, 11) is 3.73. The molecule has 0 aliphatic carbocycles. The lowest BCUT2D eigenvalue weighted by Gasteiger charge is -2.36. The fourth-order valence-corrected chi connectivity index (χ4v) is 4.15. The first-order valence-electron chi connectivity index (χ1n) is 10.7. The molecule has 1 fully saturated rings. The van der Waals surface area contributed by atoms with Crippen LogP contribution >= 0.6 is 12.4 Å². The first-order chi connectivity index (χ1) is 16.5. The predicted octanol–water partition coefficient (Wildman–Crippen LogP) is 3.37. The van der Waals surface area contributed by atoms with Gasteiger partial charge in [0, 0.05) is 45.0 Å². The number of aromatic hydroxyl groups is 1. The van der Waals surface area contributed by atoms with Gasteiger partial charge >= 0.3 is 12.2 Å². The van der Waals surface area contributed by atoms with Crippen LogP contribution in [0.4, 0.5) is 35.0 Å². The summed E-state index contributed by atoms with van der Waals surface area (Å²) in [6.45, 7) is 4.53. The Hall–Kier alpha value is -3.58. The number of hydrogen-bond donors (Lipinski definition) is 2. The number of phenols is 1. The Kier molecular flexibility index (Phi) is 7.65. The van der Waals surface area contributed by atoms with Crippen molar-refractivity contribution in [3.63, 3.8) is 0 Å². The van der Waals surface area contributed by atoms with E-state index in [1.54, 1.807) is 18.7 Å². The highest BCUT2D eigenvalue weighted by Gasteiger charge is 2.32. The van der Waals surface area contributed by atoms with E-state index in [1.165, 1.54) is 6.20 Å². The van der Waals surface area contributed by atoms with E-state index in [2.05, 4.69) is 20.3 Å². The van der Waals surface area contributed by atoms with E-state index in [4.69, 9.17) is 0 Å². The Bertz CT molecular complexity index is 1290. The number of aromatic nitrogens is 3. The molecule has 1 aromatic carbocycles. The molecule has 0 bridgehead atoms. The highest BCUT2D eigenvalue weighted by Crippen LogP contribution is 2.38. The third-order valence-electron chi connectivity index (χ3n) is 5.88. The molecule has 3 heterocycles. The summed E-state index contributed by atoms with van der Waals surface area (Å²) in [5, 5.41) is 17.1. The second kappa shape index (κ2) is 10.2. The van der Waals surface area contributed by atoms with Crippen molar-refractivity contribution in [2.24, 2.45) is 7.05 Å². The number of likely N-dealkylation sites (N-methyl/N-ethyl adjacent to an activating group) is 1. The maximum absolute atomic E-state index is 13.1. The number of alkyl halides is 3. The molecule has 0 radical (unpaired) electrons. The molecule has 1 aliphatic rings. The molecule has 14 heteroatoms. The van der Waals surface area contributed by atoms with Gasteiger partial charge in [-0.15, -0.1) is 12.4 Å². The average Bonchev–Trinajstić information content (AvgIpc) is 3.07. The molecular weight excluding hydrogens is 503 g/mol. The maximum Gasteiger partial charge on any atom is 0.416 e. The number of fused-ring (bicyclic) bond motifs is 1. The third-order valence-corrected chi connectivity index (χ3v) is 5.88. The number of nitrogens with one attached hydrogen (secondary N) is 1. The number of carbonyl (C=O) groups is 2. The fourth-order valence-electron chi connectivity index (χ4n) is 4.15. The average molecular weight is 528 g/mol. The van der Waals surface area contributed by atoms with Gasteiger partial charge in [0.2, 0.25) is 6.41 Å². The molecular formula is C22H25ClF3N7O3. The van der Waals surface area contributed by atoms with E-state index in [0.717, 1.165) is 24.1 Å². The van der Waals surface area contributed by atoms with Crippen molar-refractivity contribution in [2.75, 3.05) is 48.3 Å². The summed E-state index contributed by atoms with van der Waals surface area (Å²) in [6.07, 6.45) is -3.09. The largest absolute Gasteiger partial charge is 0.508 e. The number of phenolic OH excluding ortho intramolecular Hbond substituents is 1. The summed E-state index contributed by atoms with van der Waals surface area (Å²) < 4.78 is 41.0. The number of carbonyl (C=O) groups excluding carboxylic acids is 2. The van der Waals surface area contributed by atoms with Crippen molar-refractivity contribution >= 4 is 52.9 Å². The zero-order chi connectivity index (χ0) is 25.5. The molecule has 194 valence electrons. The number of hydrogen-bond acceptors (Lipinski definition) is 7. The van der Waals surface area contributed by atoms with Crippen LogP contribution < -0.4 is 15.1 Å². The lowest BCUT2D eigenvalue weighted by molar-refractivity contribution is -0.137. The van der Waals surface area contributed by atoms with Gasteiger partial charge in [0.15, 0.2) is 5.65 Å². The van der Waals surface area contributed by atoms with Crippen LogP contribution in [-0.4, -0.2) is 70.4 Å². The molecule has 3 amide bonds. The van der Waals surface area contributed by atoms with Gasteiger partial charge in [-0.2, -0.15) is 18.3 Å². The number of anilines is 3. The first-order valence-corrected chi connectivity index (χ1v) is 10.7. The molecule has 4 rings (SSSR count). The van der Waals surface area contributed by atoms with Crippen LogP contribution in [0.15, 0.2) is 24.4 Å². The number of urea groups is 1. The van der Waals surface area contributed by atoms with Crippen molar-refractivity contribution < 1.29 is 27.9 Å². The third kappa shape index (κ3) is 5.16. The van der Waals surface area contributed by atoms with Gasteiger partial charge in [-0.05, 0) is 26.1 Å². The minimum absolute atomic E-state index is 0. The molecule has 0 atom stereocenters. The van der Waals surface area contributed by atoms with Crippen LogP contribution in [0.1, 0.15) is 11.3 Å². The minimum atomic E-state index is -4.73. The van der Waals surface area contributed by atoms with Crippen molar-refractivity contribution in [1.82, 2.24) is 19.7 Å². The molecule has 0 unspecified atom stereocenters. The van der Waals surface area contributed by atoms with Crippen LogP contribution in [0, 0.1) is 6.92 Å². The number of amides is 3. The van der Waals surface area contributed by atoms with Crippen LogP contribution in [-0.2, 0) is 18.0 Å². The van der Waals surface area contributed by atoms with Crippen LogP contribution in [0.3, 0.4) is 0 Å². The van der Waals surface area contributed by atoms with E-state index >= 15 is 0 Å². The molecule has 36 heavy (non-hydrogen) atoms. The van der Waals surface area contributed by atoms with Crippen molar-refractivity contribution in [3.8, 4) is 5.75 Å². The number of imide groups is 1. The standard InChI is InChI=1S/C22H24F3N7O3.ClH/c1-13-18-19(31-6-4-29(2)5-7-31)17(11-26-20(18)30(3)28-13)32(12-33)21(35)27-15-8-14(22(23,24)25)9-16(34)10-15;/h8-12,34H,4-7H2,1-3H3,(H,27,35);1H. The summed E-state index contributed by atoms with van der Waals surface area (Å²) in [5.41, 5.74) is 0.512. The van der Waals surface area contributed by atoms with Crippen LogP contribution in [0.2, 0.25) is 0 Å². The Labute approximate surface area is 210 Å². The van der Waals surface area contributed by atoms with E-state index in [0.29, 0.717) is 47.6 Å². The van der Waals surface area contributed by atoms with Gasteiger partial charge in [-0.25, -0.2) is 14.7 Å². The Balaban J connectivity index is 0.00000361. The van der Waals surface area contributed by atoms with Gasteiger partial charge in [-0.1, -0.05) is 0 Å². The lowest BCUT2D eigenvalue weighted by atomic mass is 10.1. The number of pyridine rings is 1. The fraction of sp³-hybridized carbons (Fsp3) is 0.364. The number of halogens is 4. The highest BCUT2D eigenvalue weighted by atomic mass is 35.5.